The number of esters is 1. The molecule has 44 heteroatoms. The van der Waals surface area contributed by atoms with Crippen LogP contribution in [0.4, 0.5) is 5.69 Å². The van der Waals surface area contributed by atoms with Gasteiger partial charge < -0.3 is 127 Å². The van der Waals surface area contributed by atoms with Crippen molar-refractivity contribution in [1.29, 1.82) is 0 Å². The first-order valence-electron chi connectivity index (χ1n) is 37.0. The third kappa shape index (κ3) is 32.0. The summed E-state index contributed by atoms with van der Waals surface area (Å²) >= 11 is 0. The van der Waals surface area contributed by atoms with Gasteiger partial charge in [0.2, 0.25) is 82.7 Å². The van der Waals surface area contributed by atoms with E-state index in [0.29, 0.717) is 22.9 Å². The van der Waals surface area contributed by atoms with Gasteiger partial charge in [0.25, 0.3) is 0 Å². The number of aromatic nitrogens is 1. The predicted octanol–water partition coefficient (Wildman–Crippen LogP) is -6.68. The Morgan fingerprint density at radius 2 is 1.09 bits per heavy atom. The van der Waals surface area contributed by atoms with Crippen molar-refractivity contribution in [3.63, 3.8) is 0 Å². The average molecular weight is 1640 g/mol. The summed E-state index contributed by atoms with van der Waals surface area (Å²) in [5, 5.41) is 78.5. The minimum Gasteiger partial charge on any atom is -0.481 e. The number of benzene rings is 2. The fourth-order valence-electron chi connectivity index (χ4n) is 11.8. The highest BCUT2D eigenvalue weighted by Crippen LogP contribution is 2.22. The predicted molar refractivity (Wildman–Crippen MR) is 404 cm³/mol. The van der Waals surface area contributed by atoms with Crippen LogP contribution in [0.15, 0.2) is 54.7 Å². The highest BCUT2D eigenvalue weighted by Gasteiger charge is 2.41. The molecule has 1 saturated heterocycles. The number of aromatic amines is 1. The molecule has 14 amide bonds. The van der Waals surface area contributed by atoms with Crippen molar-refractivity contribution in [2.75, 3.05) is 32.0 Å². The van der Waals surface area contributed by atoms with E-state index in [1.165, 1.54) is 24.3 Å². The van der Waals surface area contributed by atoms with Crippen LogP contribution in [0.2, 0.25) is 0 Å². The average Bonchev–Trinajstić information content (AvgIpc) is 1.63. The second kappa shape index (κ2) is 47.7. The molecular weight excluding hydrogens is 1530 g/mol. The molecule has 0 aliphatic carbocycles. The standard InChI is InChI=1S/C72H102N18O26/c1-5-6-7-8-9-10-19-41(75)62(105)84-44(24-37-30-77-42-20-14-12-16-38(37)42)66(109)85-45(26-52(76)93)67(110)87-48(29-58(102)103)68(111)90-60-36(4)116-72(115)49(25-51(92)39-17-11-13-18-40(39)74)88-71(114)59(34(2)23-55(96)97)89-69(112)50(33-91)82-54(95)31-78-63(106)46(27-56(98)99)83-61(104)35(3)80-65(108)47(28-57(100)101)86-64(107)43(21-15-22-73)81-53(94)32-79-70(60)113/h11-14,16-18,20,30,34-36,41,43-50,59-60,77,91H,5-10,15,19,21-29,31-33,73-75H2,1-4H3,(H2,76,93)(H,78,106)(H,79,113)(H,80,108)(H,81,94)(H,82,95)(H,83,104)(H,84,105)(H,85,109)(H,86,107)(H,87,110)(H,88,114)(H,89,112)(H,90,111)(H,96,97)(H,98,99)(H,100,101)(H,102,103). The maximum atomic E-state index is 14.8. The maximum absolute atomic E-state index is 14.8. The van der Waals surface area contributed by atoms with E-state index in [-0.39, 0.29) is 37.1 Å². The van der Waals surface area contributed by atoms with E-state index in [9.17, 15) is 121 Å². The van der Waals surface area contributed by atoms with Crippen LogP contribution in [0.5, 0.6) is 0 Å². The number of rotatable bonds is 35. The third-order valence-corrected chi connectivity index (χ3v) is 18.0. The molecule has 14 unspecified atom stereocenters. The number of carboxylic acid groups (broad SMARTS) is 4. The van der Waals surface area contributed by atoms with Gasteiger partial charge in [-0.3, -0.25) is 91.1 Å². The molecule has 2 aromatic carbocycles. The molecule has 3 aromatic rings. The van der Waals surface area contributed by atoms with Gasteiger partial charge in [-0.2, -0.15) is 0 Å². The summed E-state index contributed by atoms with van der Waals surface area (Å²) in [7, 11) is 0. The number of hydrogen-bond acceptors (Lipinski definition) is 25. The largest absolute Gasteiger partial charge is 0.481 e. The summed E-state index contributed by atoms with van der Waals surface area (Å²) in [6, 6.07) is -12.0. The van der Waals surface area contributed by atoms with Crippen molar-refractivity contribution in [2.24, 2.45) is 23.1 Å². The van der Waals surface area contributed by atoms with Crippen LogP contribution in [-0.2, 0) is 102 Å². The lowest BCUT2D eigenvalue weighted by Gasteiger charge is -2.30. The van der Waals surface area contributed by atoms with Crippen LogP contribution >= 0.6 is 0 Å². The molecule has 1 aliphatic heterocycles. The number of H-pyrrole nitrogens is 1. The highest BCUT2D eigenvalue weighted by atomic mass is 16.5. The van der Waals surface area contributed by atoms with Crippen molar-refractivity contribution < 1.29 is 126 Å². The van der Waals surface area contributed by atoms with Gasteiger partial charge in [-0.15, -0.1) is 0 Å². The van der Waals surface area contributed by atoms with Crippen LogP contribution in [0.3, 0.4) is 0 Å². The second-order valence-corrected chi connectivity index (χ2v) is 27.5. The molecule has 1 aromatic heterocycles. The number of carbonyl (C=O) groups is 20. The maximum Gasteiger partial charge on any atom is 0.329 e. The smallest absolute Gasteiger partial charge is 0.329 e. The summed E-state index contributed by atoms with van der Waals surface area (Å²) in [5.74, 6) is -30.2. The van der Waals surface area contributed by atoms with E-state index in [1.807, 2.05) is 22.9 Å². The fourth-order valence-corrected chi connectivity index (χ4v) is 11.8. The number of nitrogen functional groups attached to an aromatic ring is 1. The Bertz CT molecular complexity index is 4080. The molecule has 0 bridgehead atoms. The molecule has 4 rings (SSSR count). The van der Waals surface area contributed by atoms with Gasteiger partial charge in [-0.1, -0.05) is 82.7 Å². The number of fused-ring (bicyclic) bond motifs is 1. The Morgan fingerprint density at radius 1 is 0.552 bits per heavy atom. The van der Waals surface area contributed by atoms with Gasteiger partial charge in [0, 0.05) is 41.2 Å². The molecule has 0 saturated carbocycles. The number of ether oxygens (including phenoxy) is 1. The number of cyclic esters (lactones) is 1. The fraction of sp³-hybridized carbons (Fsp3) is 0.528. The van der Waals surface area contributed by atoms with Gasteiger partial charge >= 0.3 is 29.8 Å². The monoisotopic (exact) mass is 1630 g/mol. The number of nitrogens with one attached hydrogen (secondary N) is 14. The molecule has 14 atom stereocenters. The summed E-state index contributed by atoms with van der Waals surface area (Å²) in [6.45, 7) is 1.06. The molecule has 0 spiro atoms. The van der Waals surface area contributed by atoms with E-state index in [1.54, 1.807) is 30.5 Å². The first kappa shape index (κ1) is 95.6. The number of para-hydroxylation sites is 2. The number of aliphatic hydroxyl groups is 1. The van der Waals surface area contributed by atoms with E-state index in [4.69, 9.17) is 27.7 Å². The van der Waals surface area contributed by atoms with Crippen molar-refractivity contribution in [1.82, 2.24) is 74.1 Å². The third-order valence-electron chi connectivity index (χ3n) is 18.0. The Kier molecular flexibility index (Phi) is 39.3. The number of aliphatic hydroxyl groups excluding tert-OH is 1. The van der Waals surface area contributed by atoms with Crippen LogP contribution in [0.25, 0.3) is 10.9 Å². The lowest BCUT2D eigenvalue weighted by Crippen LogP contribution is -2.62. The second-order valence-electron chi connectivity index (χ2n) is 27.5. The lowest BCUT2D eigenvalue weighted by molar-refractivity contribution is -0.156. The van der Waals surface area contributed by atoms with Gasteiger partial charge in [0.15, 0.2) is 5.78 Å². The van der Waals surface area contributed by atoms with E-state index in [2.05, 4.69) is 58.2 Å². The number of nitrogens with two attached hydrogens (primary N) is 4. The van der Waals surface area contributed by atoms with E-state index >= 15 is 0 Å². The van der Waals surface area contributed by atoms with Crippen molar-refractivity contribution >= 4 is 135 Å². The Labute approximate surface area is 662 Å². The Morgan fingerprint density at radius 3 is 1.69 bits per heavy atom. The molecule has 1 fully saturated rings. The van der Waals surface area contributed by atoms with Gasteiger partial charge in [0.1, 0.15) is 72.6 Å². The van der Waals surface area contributed by atoms with E-state index < -0.39 is 267 Å². The molecule has 1 aliphatic rings. The van der Waals surface area contributed by atoms with Crippen molar-refractivity contribution in [3.05, 3.63) is 65.9 Å². The zero-order valence-corrected chi connectivity index (χ0v) is 64.0. The normalized spacial score (nSPS) is 21.4. The molecule has 44 nitrogen and oxygen atoms in total. The summed E-state index contributed by atoms with van der Waals surface area (Å²) < 4.78 is 5.68. The summed E-state index contributed by atoms with van der Waals surface area (Å²) in [5.41, 5.74) is 24.3. The zero-order chi connectivity index (χ0) is 86.6. The number of primary amides is 1. The Hall–Kier alpha value is -12.7. The first-order chi connectivity index (χ1) is 54.8. The van der Waals surface area contributed by atoms with Crippen molar-refractivity contribution in [3.8, 4) is 0 Å². The molecular formula is C72H102N18O26. The number of carboxylic acids is 4. The number of unbranched alkanes of at least 4 members (excludes halogenated alkanes) is 5. The van der Waals surface area contributed by atoms with Crippen LogP contribution in [-0.4, -0.2) is 254 Å². The number of ketones is 1. The summed E-state index contributed by atoms with van der Waals surface area (Å²) in [6.07, 6.45) is -3.12. The SMILES string of the molecule is CCCCCCCCC(N)C(=O)NC(Cc1c[nH]c2ccccc12)C(=O)NC(CC(N)=O)C(=O)NC(CC(=O)O)C(=O)NC1C(=O)NCC(=O)NC(CCCN)C(=O)NC(CC(=O)O)C(=O)NC(C)C(=O)NC(CC(=O)O)C(=O)NCC(=O)NC(CO)C(=O)NC(C(C)CC(=O)O)C(=O)NC(CC(=O)c2ccccc2N)C(=O)OC1C. The number of hydrogen-bond donors (Lipinski definition) is 23. The number of anilines is 1. The number of amides is 14. The minimum absolute atomic E-state index is 0.0983. The molecule has 636 valence electrons. The Balaban J connectivity index is 1.88. The minimum atomic E-state index is -2.46. The van der Waals surface area contributed by atoms with Crippen LogP contribution < -0.4 is 92.1 Å². The first-order valence-corrected chi connectivity index (χ1v) is 37.0. The van der Waals surface area contributed by atoms with E-state index in [0.717, 1.165) is 52.9 Å². The molecule has 27 N–H and O–H groups in total. The quantitative estimate of drug-likeness (QED) is 0.0113. The lowest BCUT2D eigenvalue weighted by atomic mass is 9.96. The molecule has 116 heavy (non-hydrogen) atoms. The zero-order valence-electron chi connectivity index (χ0n) is 64.0. The van der Waals surface area contributed by atoms with Gasteiger partial charge in [0.05, 0.1) is 57.8 Å². The molecule has 0 radical (unpaired) electrons. The highest BCUT2D eigenvalue weighted by molar-refractivity contribution is 6.05. The number of Topliss-reactive ketones (excluding diaryl/α,β-unsaturated/α-hetero) is 1. The number of carbonyl (C=O) groups excluding carboxylic acids is 16. The van der Waals surface area contributed by atoms with Gasteiger partial charge in [-0.05, 0) is 69.3 Å². The summed E-state index contributed by atoms with van der Waals surface area (Å²) in [4.78, 5) is 277. The van der Waals surface area contributed by atoms with Crippen LogP contribution in [0.1, 0.15) is 140 Å². The number of aliphatic carboxylic acids is 4. The van der Waals surface area contributed by atoms with Crippen molar-refractivity contribution in [2.45, 2.75) is 209 Å². The van der Waals surface area contributed by atoms with Gasteiger partial charge in [-0.25, -0.2) is 4.79 Å². The molecule has 2 heterocycles. The van der Waals surface area contributed by atoms with Crippen LogP contribution in [0, 0.1) is 5.92 Å². The topological polar surface area (TPSA) is 728 Å².